The first-order valence-corrected chi connectivity index (χ1v) is 8.24. The number of likely N-dealkylation sites (tertiary alicyclic amines) is 1. The van der Waals surface area contributed by atoms with E-state index in [1.54, 1.807) is 6.20 Å². The van der Waals surface area contributed by atoms with Gasteiger partial charge in [0.25, 0.3) is 0 Å². The van der Waals surface area contributed by atoms with Gasteiger partial charge in [-0.15, -0.1) is 0 Å². The van der Waals surface area contributed by atoms with Gasteiger partial charge < -0.3 is 10.4 Å². The molecular formula is C16H23N5O. The molecule has 0 bridgehead atoms. The van der Waals surface area contributed by atoms with Gasteiger partial charge in [0.1, 0.15) is 0 Å². The van der Waals surface area contributed by atoms with Crippen molar-refractivity contribution in [2.24, 2.45) is 0 Å². The number of nitrogens with one attached hydrogen (secondary N) is 1. The Morgan fingerprint density at radius 1 is 1.32 bits per heavy atom. The molecule has 1 aliphatic heterocycles. The summed E-state index contributed by atoms with van der Waals surface area (Å²) >= 11 is 0. The average molecular weight is 301 g/mol. The molecule has 0 spiro atoms. The fraction of sp³-hybridized carbons (Fsp3) is 0.625. The molecule has 1 saturated heterocycles. The number of β-amino-alcohol motifs (C(OH)–C–C–N with tert-alkyl or cyclic N) is 1. The Labute approximate surface area is 130 Å². The topological polar surface area (TPSA) is 65.7 Å². The van der Waals surface area contributed by atoms with Gasteiger partial charge in [-0.1, -0.05) is 6.42 Å². The second kappa shape index (κ2) is 5.95. The highest BCUT2D eigenvalue weighted by molar-refractivity contribution is 5.29. The van der Waals surface area contributed by atoms with Crippen molar-refractivity contribution in [2.45, 2.75) is 50.4 Å². The van der Waals surface area contributed by atoms with E-state index < -0.39 is 0 Å². The molecule has 0 aromatic carbocycles. The van der Waals surface area contributed by atoms with Gasteiger partial charge in [-0.25, -0.2) is 9.97 Å². The molecule has 2 aromatic heterocycles. The van der Waals surface area contributed by atoms with Crippen LogP contribution in [0.1, 0.15) is 31.4 Å². The number of hydrogen-bond acceptors (Lipinski definition) is 5. The maximum absolute atomic E-state index is 9.75. The number of nitrogens with zero attached hydrogens (tertiary/aromatic N) is 4. The van der Waals surface area contributed by atoms with E-state index in [4.69, 9.17) is 0 Å². The zero-order chi connectivity index (χ0) is 14.9. The quantitative estimate of drug-likeness (QED) is 0.875. The lowest BCUT2D eigenvalue weighted by atomic mass is 10.1. The van der Waals surface area contributed by atoms with Gasteiger partial charge in [-0.05, 0) is 25.3 Å². The molecule has 118 valence electrons. The smallest absolute Gasteiger partial charge is 0.233 e. The molecule has 0 radical (unpaired) electrons. The van der Waals surface area contributed by atoms with E-state index in [1.165, 1.54) is 19.3 Å². The first kappa shape index (κ1) is 14.1. The van der Waals surface area contributed by atoms with E-state index in [0.717, 1.165) is 37.5 Å². The summed E-state index contributed by atoms with van der Waals surface area (Å²) in [6.45, 7) is 2.64. The van der Waals surface area contributed by atoms with Crippen LogP contribution in [0.5, 0.6) is 0 Å². The molecule has 0 amide bonds. The Morgan fingerprint density at radius 2 is 2.27 bits per heavy atom. The van der Waals surface area contributed by atoms with Gasteiger partial charge >= 0.3 is 0 Å². The summed E-state index contributed by atoms with van der Waals surface area (Å²) in [5.74, 6) is 0.755. The normalized spacial score (nSPS) is 29.6. The van der Waals surface area contributed by atoms with Crippen LogP contribution in [-0.4, -0.2) is 55.7 Å². The summed E-state index contributed by atoms with van der Waals surface area (Å²) in [6, 6.07) is 2.98. The zero-order valence-corrected chi connectivity index (χ0v) is 12.7. The third kappa shape index (κ3) is 2.74. The lowest BCUT2D eigenvalue weighted by Crippen LogP contribution is -2.46. The van der Waals surface area contributed by atoms with Crippen LogP contribution >= 0.6 is 0 Å². The Kier molecular flexibility index (Phi) is 3.82. The molecule has 2 aromatic rings. The van der Waals surface area contributed by atoms with Gasteiger partial charge in [0, 0.05) is 50.3 Å². The van der Waals surface area contributed by atoms with E-state index in [9.17, 15) is 5.11 Å². The lowest BCUT2D eigenvalue weighted by Gasteiger charge is -2.29. The maximum Gasteiger partial charge on any atom is 0.233 e. The summed E-state index contributed by atoms with van der Waals surface area (Å²) in [5, 5.41) is 13.4. The molecule has 2 aliphatic rings. The van der Waals surface area contributed by atoms with Crippen molar-refractivity contribution in [3.05, 3.63) is 30.4 Å². The number of hydrogen-bond donors (Lipinski definition) is 2. The summed E-state index contributed by atoms with van der Waals surface area (Å²) < 4.78 is 1.96. The van der Waals surface area contributed by atoms with Crippen molar-refractivity contribution in [3.63, 3.8) is 0 Å². The van der Waals surface area contributed by atoms with Crippen molar-refractivity contribution in [2.75, 3.05) is 13.1 Å². The first-order valence-electron chi connectivity index (χ1n) is 8.24. The van der Waals surface area contributed by atoms with Crippen LogP contribution in [0.4, 0.5) is 0 Å². The van der Waals surface area contributed by atoms with Crippen molar-refractivity contribution < 1.29 is 5.11 Å². The largest absolute Gasteiger partial charge is 0.392 e. The molecule has 1 aliphatic carbocycles. The highest BCUT2D eigenvalue weighted by Crippen LogP contribution is 2.27. The van der Waals surface area contributed by atoms with E-state index in [-0.39, 0.29) is 6.10 Å². The van der Waals surface area contributed by atoms with Crippen LogP contribution in [0.15, 0.2) is 24.7 Å². The molecule has 3 heterocycles. The summed E-state index contributed by atoms with van der Waals surface area (Å²) in [7, 11) is 0. The first-order chi connectivity index (χ1) is 10.8. The number of rotatable bonds is 4. The predicted molar refractivity (Wildman–Crippen MR) is 83.5 cm³/mol. The minimum Gasteiger partial charge on any atom is -0.392 e. The van der Waals surface area contributed by atoms with Crippen LogP contribution in [0.2, 0.25) is 0 Å². The Hall–Kier alpha value is -1.50. The summed E-state index contributed by atoms with van der Waals surface area (Å²) in [4.78, 5) is 11.3. The minimum absolute atomic E-state index is 0.134. The molecule has 22 heavy (non-hydrogen) atoms. The fourth-order valence-electron chi connectivity index (χ4n) is 3.89. The predicted octanol–water partition coefficient (Wildman–Crippen LogP) is 0.807. The van der Waals surface area contributed by atoms with Crippen molar-refractivity contribution in [1.29, 1.82) is 0 Å². The van der Waals surface area contributed by atoms with Crippen molar-refractivity contribution in [3.8, 4) is 0 Å². The van der Waals surface area contributed by atoms with Crippen LogP contribution in [0.25, 0.3) is 5.78 Å². The standard InChI is InChI=1S/C16H23N5O/c22-13-5-8-20(11-13)15-4-1-3-14(15)18-9-12-10-21-7-2-6-17-16(21)19-12/h2,6-7,10,13-15,18,22H,1,3-5,8-9,11H2/t13?,14-,15+/m1/s1. The number of imidazole rings is 1. The zero-order valence-electron chi connectivity index (χ0n) is 12.7. The molecule has 6 heteroatoms. The number of aliphatic hydroxyl groups is 1. The Bertz CT molecular complexity index is 609. The number of fused-ring (bicyclic) bond motifs is 1. The van der Waals surface area contributed by atoms with Crippen LogP contribution in [0, 0.1) is 0 Å². The fourth-order valence-corrected chi connectivity index (χ4v) is 3.89. The average Bonchev–Trinajstić information content (AvgIpc) is 3.23. The van der Waals surface area contributed by atoms with Crippen LogP contribution in [-0.2, 0) is 6.54 Å². The van der Waals surface area contributed by atoms with Gasteiger partial charge in [0.2, 0.25) is 5.78 Å². The van der Waals surface area contributed by atoms with Gasteiger partial charge in [-0.3, -0.25) is 9.30 Å². The second-order valence-electron chi connectivity index (χ2n) is 6.48. The maximum atomic E-state index is 9.75. The third-order valence-corrected chi connectivity index (χ3v) is 4.97. The minimum atomic E-state index is -0.134. The SMILES string of the molecule is OC1CCN([C@H]2CCC[C@H]2NCc2cn3cccnc3n2)C1. The lowest BCUT2D eigenvalue weighted by molar-refractivity contribution is 0.150. The second-order valence-corrected chi connectivity index (χ2v) is 6.48. The highest BCUT2D eigenvalue weighted by atomic mass is 16.3. The monoisotopic (exact) mass is 301 g/mol. The molecule has 2 N–H and O–H groups in total. The van der Waals surface area contributed by atoms with E-state index >= 15 is 0 Å². The molecule has 3 atom stereocenters. The highest BCUT2D eigenvalue weighted by Gasteiger charge is 2.35. The number of aliphatic hydroxyl groups excluding tert-OH is 1. The molecular weight excluding hydrogens is 278 g/mol. The van der Waals surface area contributed by atoms with E-state index in [1.807, 2.05) is 22.9 Å². The van der Waals surface area contributed by atoms with Gasteiger partial charge in [0.05, 0.1) is 11.8 Å². The van der Waals surface area contributed by atoms with Crippen molar-refractivity contribution in [1.82, 2.24) is 24.6 Å². The molecule has 6 nitrogen and oxygen atoms in total. The Balaban J connectivity index is 1.39. The molecule has 1 saturated carbocycles. The van der Waals surface area contributed by atoms with Crippen LogP contribution in [0.3, 0.4) is 0 Å². The van der Waals surface area contributed by atoms with E-state index in [2.05, 4.69) is 20.2 Å². The molecule has 4 rings (SSSR count). The van der Waals surface area contributed by atoms with E-state index in [0.29, 0.717) is 12.1 Å². The Morgan fingerprint density at radius 3 is 3.09 bits per heavy atom. The third-order valence-electron chi connectivity index (χ3n) is 4.97. The molecule has 2 fully saturated rings. The van der Waals surface area contributed by atoms with Crippen molar-refractivity contribution >= 4 is 5.78 Å². The summed E-state index contributed by atoms with van der Waals surface area (Å²) in [5.41, 5.74) is 1.03. The number of aromatic nitrogens is 3. The van der Waals surface area contributed by atoms with Gasteiger partial charge in [0.15, 0.2) is 0 Å². The van der Waals surface area contributed by atoms with Gasteiger partial charge in [-0.2, -0.15) is 0 Å². The van der Waals surface area contributed by atoms with Crippen LogP contribution < -0.4 is 5.32 Å². The summed E-state index contributed by atoms with van der Waals surface area (Å²) in [6.07, 6.45) is 10.3. The molecule has 1 unspecified atom stereocenters.